The lowest BCUT2D eigenvalue weighted by Crippen LogP contribution is -2.48. The number of carbonyl (C=O) groups excluding carboxylic acids is 1. The van der Waals surface area contributed by atoms with Crippen molar-refractivity contribution in [2.75, 3.05) is 11.9 Å². The van der Waals surface area contributed by atoms with Gasteiger partial charge in [0.15, 0.2) is 5.03 Å². The Morgan fingerprint density at radius 2 is 1.79 bits per heavy atom. The average Bonchev–Trinajstić information content (AvgIpc) is 3.28. The molecule has 1 aliphatic rings. The summed E-state index contributed by atoms with van der Waals surface area (Å²) in [6.07, 6.45) is 4.56. The van der Waals surface area contributed by atoms with Crippen molar-refractivity contribution in [1.29, 1.82) is 0 Å². The smallest absolute Gasteiger partial charge is 0.260 e. The number of nitrogens with zero attached hydrogens (tertiary/aromatic N) is 2. The minimum absolute atomic E-state index is 0.0210. The van der Waals surface area contributed by atoms with E-state index < -0.39 is 34.9 Å². The number of hydrogen-bond acceptors (Lipinski definition) is 6. The number of aliphatic hydroxyl groups excluding tert-OH is 1. The Labute approximate surface area is 198 Å². The van der Waals surface area contributed by atoms with E-state index in [0.29, 0.717) is 5.69 Å². The number of hydrogen-bond donors (Lipinski definition) is 3. The molecule has 1 aliphatic heterocycles. The minimum Gasteiger partial charge on any atom is -0.394 e. The lowest BCUT2D eigenvalue weighted by atomic mass is 10.0. The van der Waals surface area contributed by atoms with Gasteiger partial charge in [-0.2, -0.15) is 0 Å². The fourth-order valence-corrected chi connectivity index (χ4v) is 4.85. The molecule has 9 nitrogen and oxygen atoms in total. The van der Waals surface area contributed by atoms with Gasteiger partial charge in [-0.1, -0.05) is 54.6 Å². The summed E-state index contributed by atoms with van der Waals surface area (Å²) in [7, 11) is -2.22. The summed E-state index contributed by atoms with van der Waals surface area (Å²) in [5.41, 5.74) is 2.79. The predicted octanol–water partition coefficient (Wildman–Crippen LogP) is 2.08. The Hall–Kier alpha value is -3.31. The van der Waals surface area contributed by atoms with Crippen LogP contribution in [0.15, 0.2) is 84.3 Å². The highest BCUT2D eigenvalue weighted by atomic mass is 32.2. The summed E-state index contributed by atoms with van der Waals surface area (Å²) < 4.78 is 34.8. The van der Waals surface area contributed by atoms with E-state index in [1.54, 1.807) is 19.2 Å². The number of sulfonamides is 1. The molecule has 178 valence electrons. The van der Waals surface area contributed by atoms with Gasteiger partial charge in [0, 0.05) is 18.9 Å². The minimum atomic E-state index is -3.89. The monoisotopic (exact) mass is 482 g/mol. The first kappa shape index (κ1) is 23.8. The molecule has 3 N–H and O–H groups in total. The van der Waals surface area contributed by atoms with Gasteiger partial charge < -0.3 is 19.7 Å². The fraction of sp³-hybridized carbons (Fsp3) is 0.250. The van der Waals surface area contributed by atoms with Crippen LogP contribution in [0.3, 0.4) is 0 Å². The zero-order valence-electron chi connectivity index (χ0n) is 18.5. The van der Waals surface area contributed by atoms with E-state index in [1.807, 2.05) is 54.6 Å². The molecule has 2 heterocycles. The van der Waals surface area contributed by atoms with Crippen molar-refractivity contribution in [3.05, 3.63) is 79.3 Å². The van der Waals surface area contributed by atoms with Crippen LogP contribution in [0.4, 0.5) is 5.69 Å². The molecule has 1 amide bonds. The van der Waals surface area contributed by atoms with Gasteiger partial charge in [0.2, 0.25) is 5.91 Å². The number of imidazole rings is 1. The number of aromatic nitrogens is 2. The number of anilines is 1. The predicted molar refractivity (Wildman–Crippen MR) is 127 cm³/mol. The zero-order chi connectivity index (χ0) is 24.1. The van der Waals surface area contributed by atoms with E-state index in [9.17, 15) is 18.3 Å². The second-order valence-electron chi connectivity index (χ2n) is 8.00. The van der Waals surface area contributed by atoms with Crippen LogP contribution >= 0.6 is 0 Å². The van der Waals surface area contributed by atoms with E-state index in [-0.39, 0.29) is 17.4 Å². The molecular formula is C24H26N4O5S. The molecule has 0 bridgehead atoms. The maximum absolute atomic E-state index is 12.5. The summed E-state index contributed by atoms with van der Waals surface area (Å²) in [5.74, 6) is -0.258. The van der Waals surface area contributed by atoms with E-state index in [0.717, 1.165) is 11.1 Å². The second-order valence-corrected chi connectivity index (χ2v) is 9.66. The van der Waals surface area contributed by atoms with Crippen molar-refractivity contribution in [2.45, 2.75) is 29.7 Å². The Morgan fingerprint density at radius 1 is 1.09 bits per heavy atom. The standard InChI is InChI=1S/C24H26N4O5S/c1-28-14-24(25-16-28)34(31,32)27-21-12-11-20(33-22(21)15-29)13-23(30)26-19-9-7-18(8-10-19)17-5-3-2-4-6-17/h2-12,14,16,20-22,27,29H,13,15H2,1H3,(H,26,30)/t20-,21-,22-/m1/s1. The van der Waals surface area contributed by atoms with Crippen molar-refractivity contribution < 1.29 is 23.1 Å². The van der Waals surface area contributed by atoms with Crippen molar-refractivity contribution in [3.8, 4) is 11.1 Å². The SMILES string of the molecule is Cn1cnc(S(=O)(=O)N[C@@H]2C=C[C@H](CC(=O)Nc3ccc(-c4ccccc4)cc3)O[C@@H]2CO)c1. The molecule has 0 unspecified atom stereocenters. The van der Waals surface area contributed by atoms with Gasteiger partial charge in [0.1, 0.15) is 6.10 Å². The molecule has 2 aromatic carbocycles. The van der Waals surface area contributed by atoms with E-state index in [4.69, 9.17) is 4.74 Å². The van der Waals surface area contributed by atoms with Crippen LogP contribution in [0, 0.1) is 0 Å². The summed E-state index contributed by atoms with van der Waals surface area (Å²) in [6.45, 7) is -0.418. The van der Waals surface area contributed by atoms with Crippen LogP contribution in [-0.4, -0.2) is 53.8 Å². The number of benzene rings is 2. The number of carbonyl (C=O) groups is 1. The molecule has 0 fully saturated rings. The molecule has 0 spiro atoms. The third-order valence-electron chi connectivity index (χ3n) is 5.37. The third-order valence-corrected chi connectivity index (χ3v) is 6.72. The largest absolute Gasteiger partial charge is 0.394 e. The van der Waals surface area contributed by atoms with Gasteiger partial charge in [0.25, 0.3) is 10.0 Å². The quantitative estimate of drug-likeness (QED) is 0.423. The topological polar surface area (TPSA) is 123 Å². The molecule has 3 atom stereocenters. The molecule has 0 aliphatic carbocycles. The summed E-state index contributed by atoms with van der Waals surface area (Å²) in [4.78, 5) is 16.4. The van der Waals surface area contributed by atoms with Gasteiger partial charge in [-0.05, 0) is 23.3 Å². The normalized spacial score (nSPS) is 20.2. The van der Waals surface area contributed by atoms with Gasteiger partial charge in [0.05, 0.1) is 31.5 Å². The van der Waals surface area contributed by atoms with Crippen molar-refractivity contribution in [3.63, 3.8) is 0 Å². The van der Waals surface area contributed by atoms with Crippen LogP contribution in [0.1, 0.15) is 6.42 Å². The Bertz CT molecular complexity index is 1260. The number of ether oxygens (including phenoxy) is 1. The molecule has 10 heteroatoms. The summed E-state index contributed by atoms with van der Waals surface area (Å²) >= 11 is 0. The molecule has 1 aromatic heterocycles. The first-order chi connectivity index (χ1) is 16.3. The fourth-order valence-electron chi connectivity index (χ4n) is 3.65. The number of amides is 1. The van der Waals surface area contributed by atoms with Gasteiger partial charge in [-0.25, -0.2) is 18.1 Å². The highest BCUT2D eigenvalue weighted by Crippen LogP contribution is 2.22. The molecule has 0 saturated carbocycles. The summed E-state index contributed by atoms with van der Waals surface area (Å²) in [6, 6.07) is 16.7. The molecule has 4 rings (SSSR count). The van der Waals surface area contributed by atoms with E-state index >= 15 is 0 Å². The molecule has 0 radical (unpaired) electrons. The second kappa shape index (κ2) is 10.3. The Morgan fingerprint density at radius 3 is 2.44 bits per heavy atom. The summed E-state index contributed by atoms with van der Waals surface area (Å²) in [5, 5.41) is 12.4. The number of aliphatic hydroxyl groups is 1. The van der Waals surface area contributed by atoms with Crippen LogP contribution in [-0.2, 0) is 26.6 Å². The highest BCUT2D eigenvalue weighted by molar-refractivity contribution is 7.89. The Balaban J connectivity index is 1.35. The maximum Gasteiger partial charge on any atom is 0.260 e. The molecule has 34 heavy (non-hydrogen) atoms. The van der Waals surface area contributed by atoms with Crippen LogP contribution in [0.25, 0.3) is 11.1 Å². The lowest BCUT2D eigenvalue weighted by Gasteiger charge is -2.31. The highest BCUT2D eigenvalue weighted by Gasteiger charge is 2.32. The van der Waals surface area contributed by atoms with Crippen LogP contribution < -0.4 is 10.0 Å². The number of rotatable bonds is 8. The first-order valence-corrected chi connectivity index (χ1v) is 12.2. The van der Waals surface area contributed by atoms with Crippen LogP contribution in [0.2, 0.25) is 0 Å². The first-order valence-electron chi connectivity index (χ1n) is 10.7. The third kappa shape index (κ3) is 5.78. The Kier molecular flexibility index (Phi) is 7.23. The number of nitrogens with one attached hydrogen (secondary N) is 2. The molecule has 0 saturated heterocycles. The van der Waals surface area contributed by atoms with E-state index in [1.165, 1.54) is 17.1 Å². The van der Waals surface area contributed by atoms with Crippen molar-refractivity contribution in [2.24, 2.45) is 7.05 Å². The van der Waals surface area contributed by atoms with Crippen molar-refractivity contribution >= 4 is 21.6 Å². The zero-order valence-corrected chi connectivity index (χ0v) is 19.4. The van der Waals surface area contributed by atoms with Gasteiger partial charge in [-0.15, -0.1) is 0 Å². The van der Waals surface area contributed by atoms with Gasteiger partial charge >= 0.3 is 0 Å². The van der Waals surface area contributed by atoms with Crippen molar-refractivity contribution in [1.82, 2.24) is 14.3 Å². The molecular weight excluding hydrogens is 456 g/mol. The van der Waals surface area contributed by atoms with E-state index in [2.05, 4.69) is 15.0 Å². The lowest BCUT2D eigenvalue weighted by molar-refractivity contribution is -0.120. The average molecular weight is 483 g/mol. The maximum atomic E-state index is 12.5. The molecule has 3 aromatic rings. The van der Waals surface area contributed by atoms with Crippen LogP contribution in [0.5, 0.6) is 0 Å². The van der Waals surface area contributed by atoms with Gasteiger partial charge in [-0.3, -0.25) is 4.79 Å². The number of aryl methyl sites for hydroxylation is 1.